The molecule has 0 saturated heterocycles. The molecular weight excluding hydrogens is 280 g/mol. The molecule has 4 heteroatoms. The van der Waals surface area contributed by atoms with E-state index < -0.39 is 0 Å². The van der Waals surface area contributed by atoms with Gasteiger partial charge in [-0.3, -0.25) is 4.79 Å². The van der Waals surface area contributed by atoms with Crippen molar-refractivity contribution in [2.75, 3.05) is 5.73 Å². The lowest BCUT2D eigenvalue weighted by Gasteiger charge is -2.07. The number of nitrogens with one attached hydrogen (secondary N) is 1. The van der Waals surface area contributed by atoms with Crippen molar-refractivity contribution < 1.29 is 4.79 Å². The summed E-state index contributed by atoms with van der Waals surface area (Å²) in [5, 5.41) is 0.937. The quantitative estimate of drug-likeness (QED) is 0.687. The van der Waals surface area contributed by atoms with Gasteiger partial charge in [-0.1, -0.05) is 26.7 Å². The third-order valence-electron chi connectivity index (χ3n) is 3.79. The van der Waals surface area contributed by atoms with Gasteiger partial charge < -0.3 is 10.7 Å². The van der Waals surface area contributed by atoms with E-state index in [1.165, 1.54) is 41.7 Å². The average molecular weight is 304 g/mol. The molecule has 0 radical (unpaired) electrons. The Hall–Kier alpha value is -1.55. The van der Waals surface area contributed by atoms with E-state index in [2.05, 4.69) is 18.8 Å². The minimum Gasteiger partial charge on any atom is -0.390 e. The highest BCUT2D eigenvalue weighted by molar-refractivity contribution is 7.19. The Kier molecular flexibility index (Phi) is 5.62. The van der Waals surface area contributed by atoms with Gasteiger partial charge in [0.15, 0.2) is 6.29 Å². The maximum Gasteiger partial charge on any atom is 0.166 e. The second-order valence-corrected chi connectivity index (χ2v) is 6.46. The van der Waals surface area contributed by atoms with Gasteiger partial charge in [-0.15, -0.1) is 11.3 Å². The summed E-state index contributed by atoms with van der Waals surface area (Å²) in [6, 6.07) is 3.81. The molecule has 0 spiro atoms. The number of carbonyl (C=O) groups excluding carboxylic acids is 1. The zero-order valence-corrected chi connectivity index (χ0v) is 13.7. The highest BCUT2D eigenvalue weighted by Gasteiger charge is 2.18. The van der Waals surface area contributed by atoms with Crippen LogP contribution in [0.15, 0.2) is 12.1 Å². The van der Waals surface area contributed by atoms with Gasteiger partial charge in [-0.05, 0) is 48.9 Å². The molecule has 114 valence electrons. The number of hydrogen-bond acceptors (Lipinski definition) is 3. The van der Waals surface area contributed by atoms with E-state index in [1.807, 2.05) is 12.1 Å². The van der Waals surface area contributed by atoms with Gasteiger partial charge >= 0.3 is 0 Å². The molecule has 0 atom stereocenters. The van der Waals surface area contributed by atoms with Gasteiger partial charge in [-0.25, -0.2) is 0 Å². The van der Waals surface area contributed by atoms with E-state index in [4.69, 9.17) is 5.73 Å². The van der Waals surface area contributed by atoms with Crippen LogP contribution in [0.4, 0.5) is 5.00 Å². The van der Waals surface area contributed by atoms with Crippen molar-refractivity contribution in [2.45, 2.75) is 52.4 Å². The van der Waals surface area contributed by atoms with Crippen LogP contribution in [-0.4, -0.2) is 11.3 Å². The van der Waals surface area contributed by atoms with Gasteiger partial charge in [0.2, 0.25) is 0 Å². The van der Waals surface area contributed by atoms with Gasteiger partial charge in [-0.2, -0.15) is 0 Å². The molecule has 0 unspecified atom stereocenters. The lowest BCUT2D eigenvalue weighted by atomic mass is 9.99. The summed E-state index contributed by atoms with van der Waals surface area (Å²) in [5.74, 6) is 0. The number of carbonyl (C=O) groups is 1. The Bertz CT molecular complexity index is 598. The van der Waals surface area contributed by atoms with Crippen molar-refractivity contribution in [2.24, 2.45) is 0 Å². The Morgan fingerprint density at radius 2 is 1.81 bits per heavy atom. The monoisotopic (exact) mass is 304 g/mol. The molecule has 0 aromatic carbocycles. The summed E-state index contributed by atoms with van der Waals surface area (Å²) in [7, 11) is 0. The fraction of sp³-hybridized carbons (Fsp3) is 0.471. The number of H-pyrrole nitrogens is 1. The molecule has 3 nitrogen and oxygen atoms in total. The highest BCUT2D eigenvalue weighted by atomic mass is 32.1. The number of nitrogens with two attached hydrogens (primary N) is 1. The first-order valence-electron chi connectivity index (χ1n) is 7.75. The smallest absolute Gasteiger partial charge is 0.166 e. The Morgan fingerprint density at radius 3 is 2.38 bits per heavy atom. The summed E-state index contributed by atoms with van der Waals surface area (Å²) >= 11 is 1.65. The molecular formula is C17H24N2OS. The molecule has 2 aromatic rings. The second-order valence-electron chi connectivity index (χ2n) is 5.40. The van der Waals surface area contributed by atoms with Crippen molar-refractivity contribution in [3.63, 3.8) is 0 Å². The standard InChI is InChI=1S/C17H24N2OS/c1-3-5-7-13-14(8-6-4-2)17(18)21-16(13)15-10-9-12(11-20)19-15/h9-11,19H,3-8,18H2,1-2H3. The molecule has 0 fully saturated rings. The number of aldehydes is 1. The molecule has 0 saturated carbocycles. The summed E-state index contributed by atoms with van der Waals surface area (Å²) < 4.78 is 0. The lowest BCUT2D eigenvalue weighted by molar-refractivity contribution is 0.111. The fourth-order valence-corrected chi connectivity index (χ4v) is 3.74. The molecule has 2 rings (SSSR count). The fourth-order valence-electron chi connectivity index (χ4n) is 2.60. The molecule has 21 heavy (non-hydrogen) atoms. The van der Waals surface area contributed by atoms with Crippen LogP contribution in [0.2, 0.25) is 0 Å². The Balaban J connectivity index is 2.40. The predicted molar refractivity (Wildman–Crippen MR) is 91.1 cm³/mol. The Morgan fingerprint density at radius 1 is 1.14 bits per heavy atom. The SMILES string of the molecule is CCCCc1c(N)sc(-c2ccc(C=O)[nH]2)c1CCCC. The topological polar surface area (TPSA) is 58.9 Å². The number of rotatable bonds is 8. The van der Waals surface area contributed by atoms with Gasteiger partial charge in [0.25, 0.3) is 0 Å². The third kappa shape index (κ3) is 3.56. The number of aromatic nitrogens is 1. The molecule has 0 aliphatic carbocycles. The number of anilines is 1. The van der Waals surface area contributed by atoms with Crippen LogP contribution < -0.4 is 5.73 Å². The molecule has 3 N–H and O–H groups in total. The van der Waals surface area contributed by atoms with Gasteiger partial charge in [0.05, 0.1) is 21.3 Å². The number of unbranched alkanes of at least 4 members (excludes halogenated alkanes) is 2. The number of hydrogen-bond donors (Lipinski definition) is 2. The van der Waals surface area contributed by atoms with Crippen LogP contribution in [0, 0.1) is 0 Å². The van der Waals surface area contributed by atoms with Crippen molar-refractivity contribution in [1.82, 2.24) is 4.98 Å². The van der Waals surface area contributed by atoms with Crippen LogP contribution in [0.3, 0.4) is 0 Å². The number of aromatic amines is 1. The van der Waals surface area contributed by atoms with Gasteiger partial charge in [0, 0.05) is 0 Å². The molecule has 2 heterocycles. The molecule has 0 amide bonds. The Labute approximate surface area is 130 Å². The zero-order chi connectivity index (χ0) is 15.2. The summed E-state index contributed by atoms with van der Waals surface area (Å²) in [6.07, 6.45) is 7.66. The highest BCUT2D eigenvalue weighted by Crippen LogP contribution is 2.39. The zero-order valence-electron chi connectivity index (χ0n) is 12.9. The first kappa shape index (κ1) is 15.8. The van der Waals surface area contributed by atoms with Crippen LogP contribution in [0.1, 0.15) is 61.1 Å². The van der Waals surface area contributed by atoms with Crippen LogP contribution in [0.5, 0.6) is 0 Å². The summed E-state index contributed by atoms with van der Waals surface area (Å²) in [4.78, 5) is 15.3. The molecule has 0 aliphatic heterocycles. The van der Waals surface area contributed by atoms with Crippen molar-refractivity contribution in [3.05, 3.63) is 29.0 Å². The maximum absolute atomic E-state index is 10.9. The largest absolute Gasteiger partial charge is 0.390 e. The minimum atomic E-state index is 0.619. The predicted octanol–water partition coefficient (Wildman–Crippen LogP) is 4.82. The summed E-state index contributed by atoms with van der Waals surface area (Å²) in [6.45, 7) is 4.41. The van der Waals surface area contributed by atoms with E-state index in [9.17, 15) is 4.79 Å². The van der Waals surface area contributed by atoms with Crippen molar-refractivity contribution in [3.8, 4) is 10.6 Å². The van der Waals surface area contributed by atoms with Crippen molar-refractivity contribution in [1.29, 1.82) is 0 Å². The average Bonchev–Trinajstić information content (AvgIpc) is 3.07. The second kappa shape index (κ2) is 7.46. The molecule has 2 aromatic heterocycles. The van der Waals surface area contributed by atoms with Crippen LogP contribution >= 0.6 is 11.3 Å². The first-order chi connectivity index (χ1) is 10.2. The van der Waals surface area contributed by atoms with E-state index >= 15 is 0 Å². The van der Waals surface area contributed by atoms with E-state index in [0.29, 0.717) is 5.69 Å². The lowest BCUT2D eigenvalue weighted by Crippen LogP contribution is -1.96. The molecule has 0 bridgehead atoms. The normalized spacial score (nSPS) is 11.0. The van der Waals surface area contributed by atoms with E-state index in [0.717, 1.165) is 29.8 Å². The van der Waals surface area contributed by atoms with E-state index in [1.54, 1.807) is 11.3 Å². The third-order valence-corrected chi connectivity index (χ3v) is 4.93. The summed E-state index contributed by atoms with van der Waals surface area (Å²) in [5.41, 5.74) is 10.6. The van der Waals surface area contributed by atoms with Crippen LogP contribution in [-0.2, 0) is 12.8 Å². The van der Waals surface area contributed by atoms with Crippen molar-refractivity contribution >= 4 is 22.6 Å². The minimum absolute atomic E-state index is 0.619. The first-order valence-corrected chi connectivity index (χ1v) is 8.57. The van der Waals surface area contributed by atoms with E-state index in [-0.39, 0.29) is 0 Å². The molecule has 0 aliphatic rings. The van der Waals surface area contributed by atoms with Gasteiger partial charge in [0.1, 0.15) is 0 Å². The maximum atomic E-state index is 10.9. The number of thiophene rings is 1. The number of nitrogen functional groups attached to an aromatic ring is 1. The van der Waals surface area contributed by atoms with Crippen LogP contribution in [0.25, 0.3) is 10.6 Å².